The molecule has 2 nitrogen and oxygen atoms in total. The molecule has 0 unspecified atom stereocenters. The third-order valence-electron chi connectivity index (χ3n) is 4.11. The van der Waals surface area contributed by atoms with Gasteiger partial charge < -0.3 is 0 Å². The van der Waals surface area contributed by atoms with Gasteiger partial charge in [0, 0.05) is 0 Å². The van der Waals surface area contributed by atoms with Crippen LogP contribution in [0.3, 0.4) is 0 Å². The summed E-state index contributed by atoms with van der Waals surface area (Å²) in [6.45, 7) is 0. The first-order valence-corrected chi connectivity index (χ1v) is 11.6. The van der Waals surface area contributed by atoms with Gasteiger partial charge in [-0.05, 0) is 0 Å². The van der Waals surface area contributed by atoms with E-state index in [1.54, 1.807) is 0 Å². The van der Waals surface area contributed by atoms with Gasteiger partial charge in [-0.1, -0.05) is 0 Å². The van der Waals surface area contributed by atoms with Crippen molar-refractivity contribution in [1.82, 2.24) is 9.97 Å². The van der Waals surface area contributed by atoms with E-state index in [1.165, 1.54) is 17.8 Å². The molecule has 0 saturated carbocycles. The zero-order valence-electron chi connectivity index (χ0n) is 13.7. The van der Waals surface area contributed by atoms with E-state index >= 15 is 0 Å². The third kappa shape index (κ3) is 3.67. The standard InChI is InChI=1S/2C11H8N.In/c2*1-2-6-10(7-3-1)11-8-4-5-9-12-11;/h2*1-6,8-9H;. The molecule has 0 spiro atoms. The summed E-state index contributed by atoms with van der Waals surface area (Å²) in [6.07, 6.45) is 3.72. The van der Waals surface area contributed by atoms with Crippen molar-refractivity contribution in [2.45, 2.75) is 0 Å². The van der Waals surface area contributed by atoms with Gasteiger partial charge in [0.15, 0.2) is 0 Å². The number of hydrogen-bond acceptors (Lipinski definition) is 2. The first-order valence-electron chi connectivity index (χ1n) is 8.27. The van der Waals surface area contributed by atoms with E-state index < -0.39 is 22.9 Å². The van der Waals surface area contributed by atoms with Gasteiger partial charge in [0.2, 0.25) is 0 Å². The number of hydrogen-bond donors (Lipinski definition) is 0. The predicted octanol–water partition coefficient (Wildman–Crippen LogP) is 3.47. The average Bonchev–Trinajstić information content (AvgIpc) is 2.70. The predicted molar refractivity (Wildman–Crippen MR) is 104 cm³/mol. The van der Waals surface area contributed by atoms with Gasteiger partial charge in [-0.25, -0.2) is 0 Å². The zero-order valence-corrected chi connectivity index (χ0v) is 17.0. The van der Waals surface area contributed by atoms with Crippen LogP contribution in [0.2, 0.25) is 0 Å². The Hall–Kier alpha value is -2.39. The van der Waals surface area contributed by atoms with Crippen molar-refractivity contribution in [3.63, 3.8) is 0 Å². The second-order valence-corrected chi connectivity index (χ2v) is 10.1. The first-order chi connectivity index (χ1) is 12.4. The van der Waals surface area contributed by atoms with Gasteiger partial charge >= 0.3 is 159 Å². The molecule has 2 aromatic heterocycles. The molecule has 0 aliphatic heterocycles. The molecule has 1 radical (unpaired) electrons. The molecule has 0 aliphatic carbocycles. The molecule has 2 aromatic carbocycles. The molecule has 0 atom stereocenters. The Morgan fingerprint density at radius 3 is 1.36 bits per heavy atom. The minimum absolute atomic E-state index is 1.06. The summed E-state index contributed by atoms with van der Waals surface area (Å²) in [5, 5.41) is 0. The molecule has 4 aromatic rings. The molecular formula is C22H16InN2. The fourth-order valence-electron chi connectivity index (χ4n) is 2.92. The van der Waals surface area contributed by atoms with Crippen LogP contribution in [0.4, 0.5) is 0 Å². The summed E-state index contributed by atoms with van der Waals surface area (Å²) in [6, 6.07) is 29.6. The van der Waals surface area contributed by atoms with Crippen LogP contribution in [0, 0.1) is 0 Å². The Morgan fingerprint density at radius 1 is 0.480 bits per heavy atom. The Morgan fingerprint density at radius 2 is 0.920 bits per heavy atom. The van der Waals surface area contributed by atoms with Crippen LogP contribution in [0.1, 0.15) is 0 Å². The Balaban J connectivity index is 1.76. The normalized spacial score (nSPS) is 10.4. The molecule has 0 fully saturated rings. The fraction of sp³-hybridized carbons (Fsp3) is 0. The van der Waals surface area contributed by atoms with Crippen LogP contribution in [0.5, 0.6) is 0 Å². The molecule has 117 valence electrons. The van der Waals surface area contributed by atoms with Crippen molar-refractivity contribution in [3.05, 3.63) is 97.3 Å². The Bertz CT molecular complexity index is 888. The minimum atomic E-state index is -1.21. The number of aromatic nitrogens is 2. The molecule has 25 heavy (non-hydrogen) atoms. The number of nitrogens with zero attached hydrogens (tertiary/aromatic N) is 2. The van der Waals surface area contributed by atoms with Crippen molar-refractivity contribution >= 4 is 29.5 Å². The average molecular weight is 423 g/mol. The molecule has 0 saturated heterocycles. The van der Waals surface area contributed by atoms with E-state index in [9.17, 15) is 0 Å². The van der Waals surface area contributed by atoms with Crippen molar-refractivity contribution in [1.29, 1.82) is 0 Å². The van der Waals surface area contributed by atoms with Gasteiger partial charge in [0.05, 0.1) is 0 Å². The van der Waals surface area contributed by atoms with Crippen LogP contribution >= 0.6 is 0 Å². The molecule has 0 aliphatic rings. The third-order valence-corrected chi connectivity index (χ3v) is 8.76. The SMILES string of the molecule is c1ccc(-c2cccc[c]2[In][c]2ccccc2-c2ccccn2)nc1. The molecule has 2 heterocycles. The molecule has 3 heteroatoms. The summed E-state index contributed by atoms with van der Waals surface area (Å²) in [7, 11) is 0. The van der Waals surface area contributed by atoms with Gasteiger partial charge in [-0.15, -0.1) is 0 Å². The quantitative estimate of drug-likeness (QED) is 0.503. The number of benzene rings is 2. The molecule has 4 rings (SSSR count). The van der Waals surface area contributed by atoms with Gasteiger partial charge in [-0.2, -0.15) is 0 Å². The van der Waals surface area contributed by atoms with Crippen LogP contribution in [0.25, 0.3) is 22.5 Å². The summed E-state index contributed by atoms with van der Waals surface area (Å²) < 4.78 is 2.92. The molecule has 0 amide bonds. The van der Waals surface area contributed by atoms with Gasteiger partial charge in [0.1, 0.15) is 0 Å². The first kappa shape index (κ1) is 16.1. The van der Waals surface area contributed by atoms with Gasteiger partial charge in [0.25, 0.3) is 0 Å². The molecular weight excluding hydrogens is 407 g/mol. The van der Waals surface area contributed by atoms with Crippen molar-refractivity contribution in [2.75, 3.05) is 0 Å². The molecule has 0 N–H and O–H groups in total. The van der Waals surface area contributed by atoms with Crippen LogP contribution in [-0.2, 0) is 0 Å². The van der Waals surface area contributed by atoms with Crippen LogP contribution < -0.4 is 6.64 Å². The second kappa shape index (κ2) is 7.66. The Labute approximate surface area is 159 Å². The second-order valence-electron chi connectivity index (χ2n) is 5.75. The van der Waals surface area contributed by atoms with Crippen LogP contribution in [-0.4, -0.2) is 32.9 Å². The van der Waals surface area contributed by atoms with E-state index in [1.807, 2.05) is 36.7 Å². The number of pyridine rings is 2. The Kier molecular flexibility index (Phi) is 4.93. The monoisotopic (exact) mass is 423 g/mol. The summed E-state index contributed by atoms with van der Waals surface area (Å²) in [5.41, 5.74) is 4.64. The van der Waals surface area contributed by atoms with E-state index in [2.05, 4.69) is 70.6 Å². The number of rotatable bonds is 4. The topological polar surface area (TPSA) is 25.8 Å². The summed E-state index contributed by atoms with van der Waals surface area (Å²) in [5.74, 6) is 0. The van der Waals surface area contributed by atoms with E-state index in [4.69, 9.17) is 0 Å². The maximum atomic E-state index is 4.55. The summed E-state index contributed by atoms with van der Waals surface area (Å²) in [4.78, 5) is 9.10. The van der Waals surface area contributed by atoms with E-state index in [0.717, 1.165) is 11.4 Å². The van der Waals surface area contributed by atoms with Crippen LogP contribution in [0.15, 0.2) is 97.3 Å². The van der Waals surface area contributed by atoms with Crippen molar-refractivity contribution in [3.8, 4) is 22.5 Å². The van der Waals surface area contributed by atoms with Crippen molar-refractivity contribution < 1.29 is 0 Å². The zero-order chi connectivity index (χ0) is 16.9. The summed E-state index contributed by atoms with van der Waals surface area (Å²) >= 11 is -1.21. The fourth-order valence-corrected chi connectivity index (χ4v) is 7.34. The molecule has 0 bridgehead atoms. The van der Waals surface area contributed by atoms with Crippen molar-refractivity contribution in [2.24, 2.45) is 0 Å². The van der Waals surface area contributed by atoms with Gasteiger partial charge in [-0.3, -0.25) is 0 Å². The van der Waals surface area contributed by atoms with E-state index in [0.29, 0.717) is 0 Å². The van der Waals surface area contributed by atoms with E-state index in [-0.39, 0.29) is 0 Å². The maximum absolute atomic E-state index is 4.55.